The van der Waals surface area contributed by atoms with Crippen LogP contribution in [-0.2, 0) is 20.5 Å². The van der Waals surface area contributed by atoms with Gasteiger partial charge in [0.2, 0.25) is 5.91 Å². The Balaban J connectivity index is 1.19. The van der Waals surface area contributed by atoms with Gasteiger partial charge in [-0.25, -0.2) is 4.98 Å². The van der Waals surface area contributed by atoms with E-state index in [9.17, 15) is 22.8 Å². The second kappa shape index (κ2) is 8.89. The minimum atomic E-state index is -4.40. The van der Waals surface area contributed by atoms with Gasteiger partial charge < -0.3 is 15.0 Å². The van der Waals surface area contributed by atoms with Crippen LogP contribution in [0.2, 0.25) is 0 Å². The van der Waals surface area contributed by atoms with Gasteiger partial charge in [0.05, 0.1) is 23.6 Å². The number of carbonyl (C=O) groups excluding carboxylic acids is 2. The van der Waals surface area contributed by atoms with Crippen molar-refractivity contribution < 1.29 is 27.5 Å². The van der Waals surface area contributed by atoms with Crippen LogP contribution in [0.5, 0.6) is 0 Å². The van der Waals surface area contributed by atoms with Crippen LogP contribution < -0.4 is 10.2 Å². The van der Waals surface area contributed by atoms with E-state index in [1.165, 1.54) is 13.2 Å². The number of pyridine rings is 1. The molecule has 1 aliphatic heterocycles. The van der Waals surface area contributed by atoms with E-state index in [1.54, 1.807) is 0 Å². The summed E-state index contributed by atoms with van der Waals surface area (Å²) in [6.07, 6.45) is 1.07. The van der Waals surface area contributed by atoms with E-state index in [4.69, 9.17) is 4.74 Å². The first kappa shape index (κ1) is 25.3. The van der Waals surface area contributed by atoms with Crippen LogP contribution in [0.15, 0.2) is 18.3 Å². The third-order valence-corrected chi connectivity index (χ3v) is 9.21. The molecule has 198 valence electrons. The van der Waals surface area contributed by atoms with E-state index in [-0.39, 0.29) is 23.3 Å². The zero-order valence-corrected chi connectivity index (χ0v) is 21.1. The second-order valence-electron chi connectivity index (χ2n) is 11.7. The molecule has 0 radical (unpaired) electrons. The molecule has 0 aromatic carbocycles. The lowest BCUT2D eigenvalue weighted by atomic mass is 9.48. The third-order valence-electron chi connectivity index (χ3n) is 9.21. The zero-order chi connectivity index (χ0) is 25.9. The van der Waals surface area contributed by atoms with Crippen LogP contribution >= 0.6 is 0 Å². The van der Waals surface area contributed by atoms with E-state index in [0.717, 1.165) is 44.4 Å². The Morgan fingerprint density at radius 1 is 1.06 bits per heavy atom. The number of ether oxygens (including phenoxy) is 1. The first-order valence-corrected chi connectivity index (χ1v) is 12.9. The molecule has 2 heterocycles. The summed E-state index contributed by atoms with van der Waals surface area (Å²) < 4.78 is 43.7. The van der Waals surface area contributed by atoms with Gasteiger partial charge in [-0.3, -0.25) is 14.5 Å². The number of hydrogen-bond donors (Lipinski definition) is 1. The van der Waals surface area contributed by atoms with Crippen LogP contribution in [0.3, 0.4) is 0 Å². The van der Waals surface area contributed by atoms with E-state index in [0.29, 0.717) is 49.8 Å². The van der Waals surface area contributed by atoms with Crippen molar-refractivity contribution in [3.63, 3.8) is 0 Å². The SMILES string of the molecule is COC(=O)C12CC3C[C@H](C1)C(NC(=O)C(C)(C)N1CCN(c4ccc(C(F)(F)F)cn4)CC1)[C@@H](C3)C2. The average molecular weight is 509 g/mol. The summed E-state index contributed by atoms with van der Waals surface area (Å²) in [5, 5.41) is 3.37. The summed E-state index contributed by atoms with van der Waals surface area (Å²) >= 11 is 0. The standard InChI is InChI=1S/C26H35F3N4O3/c1-24(2,33-8-6-32(7-9-33)20-5-4-19(15-30-20)26(27,28)29)22(34)31-21-17-10-16-11-18(21)14-25(12-16,13-17)23(35)36-3/h4-5,15-18,21H,6-14H2,1-3H3,(H,31,34)/t16?,17-,18+,21?,25?. The quantitative estimate of drug-likeness (QED) is 0.614. The molecule has 6 rings (SSSR count). The number of hydrogen-bond acceptors (Lipinski definition) is 6. The Hall–Kier alpha value is -2.36. The van der Waals surface area contributed by atoms with Crippen molar-refractivity contribution >= 4 is 17.7 Å². The van der Waals surface area contributed by atoms with Gasteiger partial charge in [-0.2, -0.15) is 13.2 Å². The van der Waals surface area contributed by atoms with E-state index in [2.05, 4.69) is 15.2 Å². The predicted octanol–water partition coefficient (Wildman–Crippen LogP) is 3.49. The molecule has 7 nitrogen and oxygen atoms in total. The maximum atomic E-state index is 13.5. The van der Waals surface area contributed by atoms with Gasteiger partial charge in [0.1, 0.15) is 5.82 Å². The van der Waals surface area contributed by atoms with Crippen molar-refractivity contribution in [1.82, 2.24) is 15.2 Å². The molecule has 3 unspecified atom stereocenters. The molecule has 36 heavy (non-hydrogen) atoms. The van der Waals surface area contributed by atoms with Gasteiger partial charge in [0, 0.05) is 38.4 Å². The number of amides is 1. The minimum absolute atomic E-state index is 0.00630. The van der Waals surface area contributed by atoms with Crippen molar-refractivity contribution in [2.45, 2.75) is 63.7 Å². The van der Waals surface area contributed by atoms with E-state index in [1.807, 2.05) is 18.7 Å². The number of nitrogens with one attached hydrogen (secondary N) is 1. The van der Waals surface area contributed by atoms with Gasteiger partial charge in [0.25, 0.3) is 0 Å². The van der Waals surface area contributed by atoms with Crippen LogP contribution in [-0.4, -0.2) is 66.6 Å². The topological polar surface area (TPSA) is 74.8 Å². The molecule has 1 amide bonds. The maximum absolute atomic E-state index is 13.5. The monoisotopic (exact) mass is 508 g/mol. The molecule has 1 N–H and O–H groups in total. The molecule has 5 fully saturated rings. The lowest BCUT2D eigenvalue weighted by molar-refractivity contribution is -0.171. The number of esters is 1. The molecule has 1 aromatic rings. The summed E-state index contributed by atoms with van der Waals surface area (Å²) in [5.41, 5.74) is -1.86. The molecule has 4 bridgehead atoms. The van der Waals surface area contributed by atoms with E-state index < -0.39 is 17.3 Å². The van der Waals surface area contributed by atoms with E-state index >= 15 is 0 Å². The molecule has 5 aliphatic rings. The van der Waals surface area contributed by atoms with Gasteiger partial charge in [-0.05, 0) is 75.8 Å². The summed E-state index contributed by atoms with van der Waals surface area (Å²) in [5.74, 6) is 1.56. The summed E-state index contributed by atoms with van der Waals surface area (Å²) in [6, 6.07) is 2.55. The van der Waals surface area contributed by atoms with Crippen molar-refractivity contribution in [3.8, 4) is 0 Å². The number of nitrogens with zero attached hydrogens (tertiary/aromatic N) is 3. The lowest BCUT2D eigenvalue weighted by Crippen LogP contribution is -2.66. The summed E-state index contributed by atoms with van der Waals surface area (Å²) in [6.45, 7) is 6.23. The van der Waals surface area contributed by atoms with Gasteiger partial charge in [0.15, 0.2) is 0 Å². The van der Waals surface area contributed by atoms with Crippen molar-refractivity contribution in [2.24, 2.45) is 23.2 Å². The number of alkyl halides is 3. The largest absolute Gasteiger partial charge is 0.469 e. The highest BCUT2D eigenvalue weighted by atomic mass is 19.4. The Bertz CT molecular complexity index is 989. The lowest BCUT2D eigenvalue weighted by Gasteiger charge is -2.59. The summed E-state index contributed by atoms with van der Waals surface area (Å²) in [7, 11) is 1.47. The average Bonchev–Trinajstić information content (AvgIpc) is 2.84. The molecule has 5 atom stereocenters. The first-order valence-electron chi connectivity index (χ1n) is 12.9. The fraction of sp³-hybridized carbons (Fsp3) is 0.731. The summed E-state index contributed by atoms with van der Waals surface area (Å²) in [4.78, 5) is 34.2. The number of aromatic nitrogens is 1. The maximum Gasteiger partial charge on any atom is 0.417 e. The van der Waals surface area contributed by atoms with Crippen molar-refractivity contribution in [1.29, 1.82) is 0 Å². The Morgan fingerprint density at radius 3 is 2.22 bits per heavy atom. The molecule has 1 saturated heterocycles. The number of rotatable bonds is 5. The van der Waals surface area contributed by atoms with Gasteiger partial charge >= 0.3 is 12.1 Å². The van der Waals surface area contributed by atoms with Gasteiger partial charge in [-0.15, -0.1) is 0 Å². The normalized spacial score (nSPS) is 32.4. The van der Waals surface area contributed by atoms with Crippen LogP contribution in [0, 0.1) is 23.2 Å². The molecule has 0 spiro atoms. The Kier molecular flexibility index (Phi) is 6.24. The molecule has 4 saturated carbocycles. The van der Waals surface area contributed by atoms with Crippen LogP contribution in [0.1, 0.15) is 51.5 Å². The fourth-order valence-corrected chi connectivity index (χ4v) is 7.43. The minimum Gasteiger partial charge on any atom is -0.469 e. The van der Waals surface area contributed by atoms with Crippen molar-refractivity contribution in [2.75, 3.05) is 38.2 Å². The highest BCUT2D eigenvalue weighted by Gasteiger charge is 2.59. The van der Waals surface area contributed by atoms with Crippen LogP contribution in [0.25, 0.3) is 0 Å². The predicted molar refractivity (Wildman–Crippen MR) is 127 cm³/mol. The fourth-order valence-electron chi connectivity index (χ4n) is 7.43. The van der Waals surface area contributed by atoms with Crippen molar-refractivity contribution in [3.05, 3.63) is 23.9 Å². The number of piperazine rings is 1. The highest BCUT2D eigenvalue weighted by Crippen LogP contribution is 2.60. The number of carbonyl (C=O) groups is 2. The Morgan fingerprint density at radius 2 is 1.69 bits per heavy atom. The molecular weight excluding hydrogens is 473 g/mol. The van der Waals surface area contributed by atoms with Crippen LogP contribution in [0.4, 0.5) is 19.0 Å². The smallest absolute Gasteiger partial charge is 0.417 e. The molecule has 4 aliphatic carbocycles. The number of methoxy groups -OCH3 is 1. The molecule has 10 heteroatoms. The molecular formula is C26H35F3N4O3. The highest BCUT2D eigenvalue weighted by molar-refractivity contribution is 5.86. The Labute approximate surface area is 209 Å². The molecule has 1 aromatic heterocycles. The number of halogens is 3. The third kappa shape index (κ3) is 4.35. The van der Waals surface area contributed by atoms with Gasteiger partial charge in [-0.1, -0.05) is 0 Å². The second-order valence-corrected chi connectivity index (χ2v) is 11.7. The first-order chi connectivity index (χ1) is 16.9. The zero-order valence-electron chi connectivity index (χ0n) is 21.1. The number of anilines is 1.